The first-order valence-electron chi connectivity index (χ1n) is 7.10. The normalized spacial score (nSPS) is 16.4. The van der Waals surface area contributed by atoms with Crippen molar-refractivity contribution in [3.8, 4) is 0 Å². The molecular formula is C14H26N2O2. The summed E-state index contributed by atoms with van der Waals surface area (Å²) in [6.45, 7) is 2.74. The molecule has 0 heterocycles. The molecule has 104 valence electrons. The van der Waals surface area contributed by atoms with Crippen LogP contribution in [0.3, 0.4) is 0 Å². The molecule has 2 amide bonds. The van der Waals surface area contributed by atoms with E-state index in [-0.39, 0.29) is 17.9 Å². The van der Waals surface area contributed by atoms with Gasteiger partial charge in [-0.1, -0.05) is 32.6 Å². The standard InChI is InChI=1S/C14H26N2O2/c1-4-5-11-15(2)13(17)14(18)16(3)12-9-7-6-8-10-12/h12H,4-11H2,1-3H3. The van der Waals surface area contributed by atoms with Crippen LogP contribution in [0.2, 0.25) is 0 Å². The molecule has 0 aromatic heterocycles. The maximum absolute atomic E-state index is 12.1. The molecule has 1 saturated carbocycles. The van der Waals surface area contributed by atoms with E-state index in [1.165, 1.54) is 19.3 Å². The van der Waals surface area contributed by atoms with Crippen LogP contribution in [0, 0.1) is 0 Å². The number of carbonyl (C=O) groups is 2. The van der Waals surface area contributed by atoms with Gasteiger partial charge in [0.25, 0.3) is 0 Å². The zero-order valence-corrected chi connectivity index (χ0v) is 11.9. The van der Waals surface area contributed by atoms with Crippen molar-refractivity contribution < 1.29 is 9.59 Å². The molecule has 0 aliphatic heterocycles. The lowest BCUT2D eigenvalue weighted by molar-refractivity contribution is -0.151. The molecule has 0 aromatic carbocycles. The highest BCUT2D eigenvalue weighted by Crippen LogP contribution is 2.21. The number of unbranched alkanes of at least 4 members (excludes halogenated alkanes) is 1. The molecule has 0 atom stereocenters. The monoisotopic (exact) mass is 254 g/mol. The van der Waals surface area contributed by atoms with Gasteiger partial charge in [0.15, 0.2) is 0 Å². The summed E-state index contributed by atoms with van der Waals surface area (Å²) in [5, 5.41) is 0. The molecule has 1 fully saturated rings. The van der Waals surface area contributed by atoms with Crippen molar-refractivity contribution >= 4 is 11.8 Å². The van der Waals surface area contributed by atoms with Crippen LogP contribution in [0.15, 0.2) is 0 Å². The Bertz CT molecular complexity index is 286. The number of rotatable bonds is 4. The van der Waals surface area contributed by atoms with E-state index < -0.39 is 0 Å². The number of nitrogens with zero attached hydrogens (tertiary/aromatic N) is 2. The van der Waals surface area contributed by atoms with E-state index in [0.29, 0.717) is 6.54 Å². The van der Waals surface area contributed by atoms with E-state index in [1.807, 2.05) is 0 Å². The first-order valence-corrected chi connectivity index (χ1v) is 7.10. The fourth-order valence-electron chi connectivity index (χ4n) is 2.45. The topological polar surface area (TPSA) is 40.6 Å². The maximum atomic E-state index is 12.1. The van der Waals surface area contributed by atoms with Crippen molar-refractivity contribution in [3.05, 3.63) is 0 Å². The van der Waals surface area contributed by atoms with Crippen molar-refractivity contribution in [2.24, 2.45) is 0 Å². The summed E-state index contributed by atoms with van der Waals surface area (Å²) in [6, 6.07) is 0.259. The Kier molecular flexibility index (Phi) is 6.16. The molecule has 0 bridgehead atoms. The lowest BCUT2D eigenvalue weighted by Gasteiger charge is -2.31. The molecule has 1 rings (SSSR count). The molecule has 0 aromatic rings. The lowest BCUT2D eigenvalue weighted by atomic mass is 9.94. The number of hydrogen-bond acceptors (Lipinski definition) is 2. The van der Waals surface area contributed by atoms with Crippen molar-refractivity contribution in [2.45, 2.75) is 57.9 Å². The van der Waals surface area contributed by atoms with Crippen LogP contribution in [0.25, 0.3) is 0 Å². The molecule has 0 saturated heterocycles. The highest BCUT2D eigenvalue weighted by atomic mass is 16.2. The predicted octanol–water partition coefficient (Wildman–Crippen LogP) is 2.04. The van der Waals surface area contributed by atoms with E-state index in [4.69, 9.17) is 0 Å². The summed E-state index contributed by atoms with van der Waals surface area (Å²) in [6.07, 6.45) is 7.64. The minimum Gasteiger partial charge on any atom is -0.338 e. The fraction of sp³-hybridized carbons (Fsp3) is 0.857. The summed E-state index contributed by atoms with van der Waals surface area (Å²) in [5.41, 5.74) is 0. The van der Waals surface area contributed by atoms with E-state index in [0.717, 1.165) is 25.7 Å². The Balaban J connectivity index is 2.48. The minimum atomic E-state index is -0.364. The van der Waals surface area contributed by atoms with Crippen LogP contribution < -0.4 is 0 Å². The Hall–Kier alpha value is -1.06. The molecule has 4 nitrogen and oxygen atoms in total. The van der Waals surface area contributed by atoms with Crippen molar-refractivity contribution in [1.82, 2.24) is 9.80 Å². The van der Waals surface area contributed by atoms with Gasteiger partial charge in [-0.2, -0.15) is 0 Å². The molecular weight excluding hydrogens is 228 g/mol. The van der Waals surface area contributed by atoms with Crippen LogP contribution in [-0.4, -0.2) is 48.3 Å². The average Bonchev–Trinajstić information content (AvgIpc) is 2.43. The van der Waals surface area contributed by atoms with Gasteiger partial charge in [0.1, 0.15) is 0 Å². The maximum Gasteiger partial charge on any atom is 0.312 e. The lowest BCUT2D eigenvalue weighted by Crippen LogP contribution is -2.47. The third-order valence-corrected chi connectivity index (χ3v) is 3.82. The third-order valence-electron chi connectivity index (χ3n) is 3.82. The van der Waals surface area contributed by atoms with E-state index in [1.54, 1.807) is 23.9 Å². The van der Waals surface area contributed by atoms with Gasteiger partial charge in [0.05, 0.1) is 0 Å². The van der Waals surface area contributed by atoms with Crippen molar-refractivity contribution in [2.75, 3.05) is 20.6 Å². The molecule has 0 radical (unpaired) electrons. The summed E-state index contributed by atoms with van der Waals surface area (Å²) < 4.78 is 0. The van der Waals surface area contributed by atoms with E-state index in [2.05, 4.69) is 6.92 Å². The third kappa shape index (κ3) is 4.00. The molecule has 0 unspecified atom stereocenters. The summed E-state index contributed by atoms with van der Waals surface area (Å²) >= 11 is 0. The van der Waals surface area contributed by atoms with Gasteiger partial charge in [-0.25, -0.2) is 0 Å². The van der Waals surface area contributed by atoms with Crippen molar-refractivity contribution in [1.29, 1.82) is 0 Å². The Morgan fingerprint density at radius 3 is 2.22 bits per heavy atom. The van der Waals surface area contributed by atoms with E-state index >= 15 is 0 Å². The fourth-order valence-corrected chi connectivity index (χ4v) is 2.45. The minimum absolute atomic E-state index is 0.259. The largest absolute Gasteiger partial charge is 0.338 e. The Labute approximate surface area is 110 Å². The SMILES string of the molecule is CCCCN(C)C(=O)C(=O)N(C)C1CCCCC1. The van der Waals surface area contributed by atoms with Crippen LogP contribution >= 0.6 is 0 Å². The quantitative estimate of drug-likeness (QED) is 0.720. The first kappa shape index (κ1) is 15.0. The van der Waals surface area contributed by atoms with Gasteiger partial charge in [-0.15, -0.1) is 0 Å². The predicted molar refractivity (Wildman–Crippen MR) is 72.2 cm³/mol. The van der Waals surface area contributed by atoms with E-state index in [9.17, 15) is 9.59 Å². The van der Waals surface area contributed by atoms with Gasteiger partial charge in [0, 0.05) is 26.7 Å². The van der Waals surface area contributed by atoms with Crippen molar-refractivity contribution in [3.63, 3.8) is 0 Å². The second-order valence-corrected chi connectivity index (χ2v) is 5.29. The number of carbonyl (C=O) groups excluding carboxylic acids is 2. The highest BCUT2D eigenvalue weighted by molar-refractivity contribution is 6.34. The molecule has 18 heavy (non-hydrogen) atoms. The Morgan fingerprint density at radius 1 is 1.06 bits per heavy atom. The highest BCUT2D eigenvalue weighted by Gasteiger charge is 2.28. The molecule has 0 N–H and O–H groups in total. The van der Waals surface area contributed by atoms with Gasteiger partial charge in [0.2, 0.25) is 0 Å². The summed E-state index contributed by atoms with van der Waals surface area (Å²) in [4.78, 5) is 27.3. The smallest absolute Gasteiger partial charge is 0.312 e. The summed E-state index contributed by atoms with van der Waals surface area (Å²) in [7, 11) is 3.48. The summed E-state index contributed by atoms with van der Waals surface area (Å²) in [5.74, 6) is -0.711. The first-order chi connectivity index (χ1) is 8.57. The second-order valence-electron chi connectivity index (χ2n) is 5.29. The zero-order chi connectivity index (χ0) is 13.5. The molecule has 1 aliphatic rings. The van der Waals surface area contributed by atoms with Gasteiger partial charge >= 0.3 is 11.8 Å². The average molecular weight is 254 g/mol. The zero-order valence-electron chi connectivity index (χ0n) is 11.9. The molecule has 1 aliphatic carbocycles. The van der Waals surface area contributed by atoms with Gasteiger partial charge in [-0.05, 0) is 19.3 Å². The molecule has 0 spiro atoms. The second kappa shape index (κ2) is 7.39. The Morgan fingerprint density at radius 2 is 1.67 bits per heavy atom. The van der Waals surface area contributed by atoms with Crippen LogP contribution in [0.1, 0.15) is 51.9 Å². The van der Waals surface area contributed by atoms with Crippen LogP contribution in [0.4, 0.5) is 0 Å². The van der Waals surface area contributed by atoms with Gasteiger partial charge in [-0.3, -0.25) is 9.59 Å². The van der Waals surface area contributed by atoms with Crippen LogP contribution in [-0.2, 0) is 9.59 Å². The molecule has 4 heteroatoms. The number of hydrogen-bond donors (Lipinski definition) is 0. The van der Waals surface area contributed by atoms with Crippen LogP contribution in [0.5, 0.6) is 0 Å². The van der Waals surface area contributed by atoms with Gasteiger partial charge < -0.3 is 9.80 Å². The number of amides is 2. The number of likely N-dealkylation sites (N-methyl/N-ethyl adjacent to an activating group) is 2.